The second kappa shape index (κ2) is 9.11. The standard InChI is InChI=1S/C22H23ClN2O4/c1-3-17(26)13-25-20(14-5-8-16(23)9-6-14)12-19(24-25)18-11-15(22(27)28)7-10-21(18)29-4-2/h5-12,17,26H,3-4,13H2,1-2H3,(H,27,28)/t17-/m1/s1. The van der Waals surface area contributed by atoms with Crippen molar-refractivity contribution >= 4 is 17.6 Å². The predicted octanol–water partition coefficient (Wildman–Crippen LogP) is 4.74. The van der Waals surface area contributed by atoms with E-state index >= 15 is 0 Å². The summed E-state index contributed by atoms with van der Waals surface area (Å²) < 4.78 is 7.42. The lowest BCUT2D eigenvalue weighted by Gasteiger charge is -2.12. The van der Waals surface area contributed by atoms with Crippen molar-refractivity contribution in [1.29, 1.82) is 0 Å². The molecule has 0 aliphatic rings. The van der Waals surface area contributed by atoms with Crippen molar-refractivity contribution in [2.75, 3.05) is 6.61 Å². The molecule has 0 aliphatic carbocycles. The molecule has 0 unspecified atom stereocenters. The lowest BCUT2D eigenvalue weighted by molar-refractivity contribution is 0.0697. The molecule has 2 aromatic carbocycles. The van der Waals surface area contributed by atoms with Gasteiger partial charge in [-0.15, -0.1) is 0 Å². The van der Waals surface area contributed by atoms with E-state index in [-0.39, 0.29) is 5.56 Å². The van der Waals surface area contributed by atoms with Crippen molar-refractivity contribution in [3.63, 3.8) is 0 Å². The first-order chi connectivity index (χ1) is 13.9. The zero-order valence-electron chi connectivity index (χ0n) is 16.3. The van der Waals surface area contributed by atoms with Crippen LogP contribution in [0, 0.1) is 0 Å². The van der Waals surface area contributed by atoms with E-state index in [1.807, 2.05) is 32.0 Å². The Morgan fingerprint density at radius 2 is 1.90 bits per heavy atom. The van der Waals surface area contributed by atoms with Crippen molar-refractivity contribution in [3.8, 4) is 28.3 Å². The van der Waals surface area contributed by atoms with E-state index < -0.39 is 12.1 Å². The largest absolute Gasteiger partial charge is 0.493 e. The minimum Gasteiger partial charge on any atom is -0.493 e. The molecule has 29 heavy (non-hydrogen) atoms. The highest BCUT2D eigenvalue weighted by molar-refractivity contribution is 6.30. The van der Waals surface area contributed by atoms with Crippen LogP contribution in [0.15, 0.2) is 48.5 Å². The Balaban J connectivity index is 2.15. The summed E-state index contributed by atoms with van der Waals surface area (Å²) in [7, 11) is 0. The Kier molecular flexibility index (Phi) is 6.56. The number of rotatable bonds is 8. The van der Waals surface area contributed by atoms with Crippen molar-refractivity contribution < 1.29 is 19.7 Å². The number of carboxylic acid groups (broad SMARTS) is 1. The molecule has 0 bridgehead atoms. The minimum atomic E-state index is -1.02. The maximum absolute atomic E-state index is 11.5. The molecule has 0 radical (unpaired) electrons. The summed E-state index contributed by atoms with van der Waals surface area (Å²) in [6.07, 6.45) is 0.0408. The number of aromatic carboxylic acids is 1. The van der Waals surface area contributed by atoms with Gasteiger partial charge in [0.25, 0.3) is 0 Å². The average molecular weight is 415 g/mol. The minimum absolute atomic E-state index is 0.152. The molecule has 6 nitrogen and oxygen atoms in total. The lowest BCUT2D eigenvalue weighted by atomic mass is 10.1. The molecule has 1 atom stereocenters. The first-order valence-corrected chi connectivity index (χ1v) is 9.83. The highest BCUT2D eigenvalue weighted by Gasteiger charge is 2.18. The fourth-order valence-corrected chi connectivity index (χ4v) is 3.14. The number of benzene rings is 2. The van der Waals surface area contributed by atoms with Gasteiger partial charge in [0.15, 0.2) is 0 Å². The maximum Gasteiger partial charge on any atom is 0.335 e. The molecular weight excluding hydrogens is 392 g/mol. The quantitative estimate of drug-likeness (QED) is 0.556. The predicted molar refractivity (Wildman–Crippen MR) is 113 cm³/mol. The van der Waals surface area contributed by atoms with Gasteiger partial charge in [-0.1, -0.05) is 30.7 Å². The Hall–Kier alpha value is -2.83. The molecule has 3 aromatic rings. The van der Waals surface area contributed by atoms with Crippen LogP contribution in [0.3, 0.4) is 0 Å². The van der Waals surface area contributed by atoms with Crippen molar-refractivity contribution in [2.45, 2.75) is 32.9 Å². The number of ether oxygens (including phenoxy) is 1. The molecule has 1 aromatic heterocycles. The zero-order chi connectivity index (χ0) is 21.0. The number of carbonyl (C=O) groups is 1. The van der Waals surface area contributed by atoms with Crippen LogP contribution < -0.4 is 4.74 Å². The highest BCUT2D eigenvalue weighted by atomic mass is 35.5. The van der Waals surface area contributed by atoms with Crippen molar-refractivity contribution in [2.24, 2.45) is 0 Å². The smallest absolute Gasteiger partial charge is 0.335 e. The summed E-state index contributed by atoms with van der Waals surface area (Å²) in [5.74, 6) is -0.464. The van der Waals surface area contributed by atoms with E-state index in [1.165, 1.54) is 6.07 Å². The van der Waals surface area contributed by atoms with E-state index in [9.17, 15) is 15.0 Å². The monoisotopic (exact) mass is 414 g/mol. The van der Waals surface area contributed by atoms with Gasteiger partial charge in [0, 0.05) is 10.6 Å². The van der Waals surface area contributed by atoms with Crippen LogP contribution in [0.4, 0.5) is 0 Å². The lowest BCUT2D eigenvalue weighted by Crippen LogP contribution is -2.16. The van der Waals surface area contributed by atoms with Gasteiger partial charge in [0.1, 0.15) is 5.75 Å². The molecule has 0 amide bonds. The Morgan fingerprint density at radius 1 is 1.17 bits per heavy atom. The number of hydrogen-bond donors (Lipinski definition) is 2. The number of hydrogen-bond acceptors (Lipinski definition) is 4. The van der Waals surface area contributed by atoms with E-state index in [0.29, 0.717) is 41.6 Å². The molecule has 0 saturated carbocycles. The Bertz CT molecular complexity index is 999. The molecule has 1 heterocycles. The summed E-state index contributed by atoms with van der Waals surface area (Å²) in [4.78, 5) is 11.5. The Morgan fingerprint density at radius 3 is 2.52 bits per heavy atom. The summed E-state index contributed by atoms with van der Waals surface area (Å²) in [6.45, 7) is 4.53. The number of aliphatic hydroxyl groups is 1. The molecule has 0 aliphatic heterocycles. The maximum atomic E-state index is 11.5. The topological polar surface area (TPSA) is 84.6 Å². The fourth-order valence-electron chi connectivity index (χ4n) is 3.01. The van der Waals surface area contributed by atoms with Crippen LogP contribution in [0.1, 0.15) is 30.6 Å². The summed E-state index contributed by atoms with van der Waals surface area (Å²) in [6, 6.07) is 13.9. The molecule has 0 fully saturated rings. The van der Waals surface area contributed by atoms with Gasteiger partial charge in [-0.2, -0.15) is 5.10 Å². The number of carboxylic acids is 1. The molecule has 3 rings (SSSR count). The molecule has 152 valence electrons. The number of aromatic nitrogens is 2. The van der Waals surface area contributed by atoms with Crippen LogP contribution in [-0.4, -0.2) is 38.7 Å². The van der Waals surface area contributed by atoms with Crippen molar-refractivity contribution in [1.82, 2.24) is 9.78 Å². The van der Waals surface area contributed by atoms with Gasteiger partial charge < -0.3 is 14.9 Å². The zero-order valence-corrected chi connectivity index (χ0v) is 17.1. The molecular formula is C22H23ClN2O4. The second-order valence-electron chi connectivity index (χ2n) is 6.61. The van der Waals surface area contributed by atoms with Gasteiger partial charge in [0.05, 0.1) is 36.2 Å². The number of halogens is 1. The van der Waals surface area contributed by atoms with E-state index in [2.05, 4.69) is 5.10 Å². The average Bonchev–Trinajstić information content (AvgIpc) is 3.12. The molecule has 2 N–H and O–H groups in total. The normalized spacial score (nSPS) is 12.0. The molecule has 0 saturated heterocycles. The SMILES string of the molecule is CCOc1ccc(C(=O)O)cc1-c1cc(-c2ccc(Cl)cc2)n(C[C@H](O)CC)n1. The van der Waals surface area contributed by atoms with Crippen molar-refractivity contribution in [3.05, 3.63) is 59.1 Å². The first kappa shape index (κ1) is 20.9. The summed E-state index contributed by atoms with van der Waals surface area (Å²) in [5.41, 5.74) is 3.01. The van der Waals surface area contributed by atoms with Crippen LogP contribution in [0.5, 0.6) is 5.75 Å². The third kappa shape index (κ3) is 4.78. The fraction of sp³-hybridized carbons (Fsp3) is 0.273. The number of aliphatic hydroxyl groups excluding tert-OH is 1. The number of nitrogens with zero attached hydrogens (tertiary/aromatic N) is 2. The first-order valence-electron chi connectivity index (χ1n) is 9.45. The van der Waals surface area contributed by atoms with Gasteiger partial charge in [0.2, 0.25) is 0 Å². The second-order valence-corrected chi connectivity index (χ2v) is 7.05. The van der Waals surface area contributed by atoms with Gasteiger partial charge in [-0.3, -0.25) is 4.68 Å². The van der Waals surface area contributed by atoms with Gasteiger partial charge in [-0.05, 0) is 55.3 Å². The Labute approximate surface area is 174 Å². The van der Waals surface area contributed by atoms with Crippen LogP contribution in [0.25, 0.3) is 22.5 Å². The van der Waals surface area contributed by atoms with E-state index in [1.54, 1.807) is 28.9 Å². The van der Waals surface area contributed by atoms with Crippen LogP contribution in [0.2, 0.25) is 5.02 Å². The third-order valence-corrected chi connectivity index (χ3v) is 4.83. The summed E-state index contributed by atoms with van der Waals surface area (Å²) >= 11 is 6.01. The van der Waals surface area contributed by atoms with Gasteiger partial charge in [-0.25, -0.2) is 4.79 Å². The highest BCUT2D eigenvalue weighted by Crippen LogP contribution is 2.34. The van der Waals surface area contributed by atoms with Gasteiger partial charge >= 0.3 is 5.97 Å². The van der Waals surface area contributed by atoms with E-state index in [0.717, 1.165) is 11.3 Å². The summed E-state index contributed by atoms with van der Waals surface area (Å²) in [5, 5.41) is 24.8. The molecule has 0 spiro atoms. The van der Waals surface area contributed by atoms with E-state index in [4.69, 9.17) is 16.3 Å². The van der Waals surface area contributed by atoms with Crippen LogP contribution >= 0.6 is 11.6 Å². The van der Waals surface area contributed by atoms with Crippen LogP contribution in [-0.2, 0) is 6.54 Å². The molecule has 7 heteroatoms. The third-order valence-electron chi connectivity index (χ3n) is 4.58.